The maximum absolute atomic E-state index is 14.0. The normalized spacial score (nSPS) is 23.8. The quantitative estimate of drug-likeness (QED) is 0.0727. The fourth-order valence-corrected chi connectivity index (χ4v) is 26.0. The van der Waals surface area contributed by atoms with Crippen LogP contribution in [0.4, 0.5) is 0 Å². The number of benzene rings is 14. The zero-order valence-electron chi connectivity index (χ0n) is 72.3. The summed E-state index contributed by atoms with van der Waals surface area (Å²) in [5.41, 5.74) is 24.1. The maximum Gasteiger partial charge on any atom is 0.193 e. The Balaban J connectivity index is 0.654. The van der Waals surface area contributed by atoms with Gasteiger partial charge in [-0.1, -0.05) is 138 Å². The summed E-state index contributed by atoms with van der Waals surface area (Å²) in [5, 5.41) is 207. The molecular weight excluding hydrogens is 1730 g/mol. The minimum Gasteiger partial charge on any atom is -0.508 e. The van der Waals surface area contributed by atoms with Gasteiger partial charge in [0.25, 0.3) is 0 Å². The van der Waals surface area contributed by atoms with E-state index in [1.807, 2.05) is 6.07 Å². The van der Waals surface area contributed by atoms with E-state index in [0.29, 0.717) is 162 Å². The molecule has 18 N–H and O–H groups in total. The van der Waals surface area contributed by atoms with Crippen molar-refractivity contribution in [2.45, 2.75) is 129 Å². The van der Waals surface area contributed by atoms with Crippen molar-refractivity contribution in [2.75, 3.05) is 0 Å². The maximum atomic E-state index is 14.0. The van der Waals surface area contributed by atoms with Gasteiger partial charge in [-0.15, -0.1) is 0 Å². The van der Waals surface area contributed by atoms with Gasteiger partial charge in [0, 0.05) is 47.1 Å². The van der Waals surface area contributed by atoms with Crippen molar-refractivity contribution in [1.29, 1.82) is 0 Å². The Morgan fingerprint density at radius 1 is 0.213 bits per heavy atom. The SMILES string of the molecule is Oc1cc2c3c(c1)O[C@H](c1ccc(O)c(O)c1)[C@H](O)[C@H]3c1c(cc3c4c1O[C@H](c1ccc(O)c(O)c1)C(O)[C@H]4c1c(cc4c5c1O[C@H](c1ccc(O)c(O)c1)C[C@H]5c1c(cc5c6c1O[C@H](c1ccc(O)c(O)c1)C[C@H]6c1c(cc6c7c1O[C@H](c1ccc(O)c(O)c1)C[C@H]7c1c(cc7c8c1O[C@H](c1ccc(O)c(O)c1)C[C@H]8c1c(cc(O)c8c1O[C@H](c1ccc(O)c(O)c1)CC8)B7)B6)B5)B4)B3)B2. The lowest BCUT2D eigenvalue weighted by atomic mass is 9.43. The monoisotopic (exact) mass is 1810 g/mol. The minimum atomic E-state index is -1.50. The van der Waals surface area contributed by atoms with E-state index in [2.05, 4.69) is 30.3 Å². The minimum absolute atomic E-state index is 0.0888. The number of hydrogen-bond donors (Lipinski definition) is 18. The smallest absolute Gasteiger partial charge is 0.193 e. The summed E-state index contributed by atoms with van der Waals surface area (Å²) in [4.78, 5) is 0. The van der Waals surface area contributed by atoms with Crippen LogP contribution >= 0.6 is 0 Å². The Bertz CT molecular complexity index is 7780. The molecule has 0 aliphatic carbocycles. The van der Waals surface area contributed by atoms with Gasteiger partial charge >= 0.3 is 0 Å². The first kappa shape index (κ1) is 80.4. The second-order valence-electron chi connectivity index (χ2n) is 39.1. The summed E-state index contributed by atoms with van der Waals surface area (Å²) in [5.74, 6) is -5.96. The van der Waals surface area contributed by atoms with Crippen molar-refractivity contribution in [3.63, 3.8) is 0 Å². The van der Waals surface area contributed by atoms with Crippen LogP contribution in [-0.2, 0) is 6.42 Å². The molecule has 0 fully saturated rings. The van der Waals surface area contributed by atoms with Gasteiger partial charge in [-0.05, 0) is 241 Å². The molecule has 136 heavy (non-hydrogen) atoms. The standard InChI is InChI=1S/C105H80B6O25/c112-43-24-49-90-81(25-43)135-98(41-6-14-66(118)74(126)22-41)96(128)94(90)91-58(106-49)34-59-93-95(97(129)99(136-105(91)93)42-7-15-67(119)75(127)23-42)92-57(111-59)33-56-89-48(29-80(134-104(89)92)40-5-13-65(117)73(125)21-40)88-53(109-56)31-52-87-47(28-79(133-103(87)88)39-4-12-64(116)72(124)20-39)86-50(107-52)30-51-85-46(27-78(132-102(85)86)38-3-11-63(115)71(123)19-38)84-54(108-51)32-55-83-45(26-77(131-101(83)84)37-2-10-62(114)70(122)18-37)82-60(110-55)35-68(120)44-8-16-76(130-100(44)82)36-1-9-61(113)69(121)17-36/h1-7,9-15,17-25,30-35,45-48,76-80,94-99,106-129H,8,16,26-29H2/t45-,46-,47-,48-,76-,77-,78-,79-,80-,94+,95-,96+,97?,98+,99+/m0/s1. The molecule has 13 aliphatic heterocycles. The summed E-state index contributed by atoms with van der Waals surface area (Å²) in [6.45, 7) is 0. The van der Waals surface area contributed by atoms with Gasteiger partial charge in [0.05, 0.1) is 0 Å². The number of aliphatic hydroxyl groups is 2. The molecule has 0 bridgehead atoms. The lowest BCUT2D eigenvalue weighted by Gasteiger charge is -2.49. The number of fused-ring (bicyclic) bond motifs is 19. The highest BCUT2D eigenvalue weighted by Crippen LogP contribution is 2.64. The van der Waals surface area contributed by atoms with Gasteiger partial charge in [-0.2, -0.15) is 0 Å². The predicted octanol–water partition coefficient (Wildman–Crippen LogP) is 5.12. The third-order valence-corrected chi connectivity index (χ3v) is 31.7. The van der Waals surface area contributed by atoms with Crippen LogP contribution in [0.1, 0.15) is 222 Å². The van der Waals surface area contributed by atoms with Crippen molar-refractivity contribution in [3.05, 3.63) is 287 Å². The Morgan fingerprint density at radius 3 is 0.794 bits per heavy atom. The number of hydrogen-bond acceptors (Lipinski definition) is 25. The number of rotatable bonds is 7. The first-order valence-electron chi connectivity index (χ1n) is 46.0. The average molecular weight is 1810 g/mol. The number of aromatic hydroxyl groups is 16. The first-order chi connectivity index (χ1) is 65.7. The lowest BCUT2D eigenvalue weighted by molar-refractivity contribution is -0.00149. The van der Waals surface area contributed by atoms with Gasteiger partial charge in [0.15, 0.2) is 136 Å². The van der Waals surface area contributed by atoms with Crippen LogP contribution in [0.25, 0.3) is 0 Å². The molecule has 0 saturated heterocycles. The molecule has 0 radical (unpaired) electrons. The molecule has 15 atom stereocenters. The topological polar surface area (TPSA) is 429 Å². The summed E-state index contributed by atoms with van der Waals surface area (Å²) in [6.07, 6.45) is -7.33. The van der Waals surface area contributed by atoms with Gasteiger partial charge in [-0.25, -0.2) is 0 Å². The van der Waals surface area contributed by atoms with Gasteiger partial charge < -0.3 is 125 Å². The molecule has 0 saturated carbocycles. The molecule has 27 rings (SSSR count). The Morgan fingerprint density at radius 2 is 0.463 bits per heavy atom. The van der Waals surface area contributed by atoms with E-state index in [0.717, 1.165) is 105 Å². The van der Waals surface area contributed by atoms with Crippen LogP contribution < -0.4 is 98.7 Å². The highest BCUT2D eigenvalue weighted by atomic mass is 16.5. The highest BCUT2D eigenvalue weighted by Gasteiger charge is 2.57. The number of aliphatic hydroxyl groups excluding tert-OH is 2. The number of phenolic OH excluding ortho intramolecular Hbond substituents is 16. The number of phenols is 16. The fourth-order valence-electron chi connectivity index (χ4n) is 26.0. The molecule has 13 heterocycles. The number of ether oxygens (including phenoxy) is 7. The Kier molecular flexibility index (Phi) is 17.0. The largest absolute Gasteiger partial charge is 0.508 e. The van der Waals surface area contributed by atoms with Gasteiger partial charge in [0.2, 0.25) is 0 Å². The summed E-state index contributed by atoms with van der Waals surface area (Å²) in [7, 11) is 2.02. The zero-order valence-corrected chi connectivity index (χ0v) is 72.3. The summed E-state index contributed by atoms with van der Waals surface area (Å²) in [6, 6.07) is 48.0. The molecule has 668 valence electrons. The second kappa shape index (κ2) is 28.7. The van der Waals surface area contributed by atoms with E-state index in [1.165, 1.54) is 97.1 Å². The van der Waals surface area contributed by atoms with Crippen LogP contribution in [0.3, 0.4) is 0 Å². The first-order valence-corrected chi connectivity index (χ1v) is 46.0. The second-order valence-corrected chi connectivity index (χ2v) is 39.1. The Hall–Kier alpha value is -15.2. The van der Waals surface area contributed by atoms with Crippen LogP contribution in [0, 0.1) is 0 Å². The van der Waals surface area contributed by atoms with Crippen LogP contribution in [-0.4, -0.2) is 148 Å². The average Bonchev–Trinajstić information content (AvgIpc) is 0.680. The zero-order chi connectivity index (χ0) is 92.4. The molecule has 0 spiro atoms. The van der Waals surface area contributed by atoms with Crippen LogP contribution in [0.15, 0.2) is 176 Å². The molecule has 31 heteroatoms. The van der Waals surface area contributed by atoms with Crippen molar-refractivity contribution >= 4 is 109 Å². The lowest BCUT2D eigenvalue weighted by Crippen LogP contribution is -2.55. The Labute approximate surface area is 778 Å². The molecule has 13 aliphatic rings. The van der Waals surface area contributed by atoms with Gasteiger partial charge in [0.1, 0.15) is 94.5 Å². The van der Waals surface area contributed by atoms with Crippen molar-refractivity contribution < 1.29 is 125 Å². The summed E-state index contributed by atoms with van der Waals surface area (Å²) >= 11 is 0. The third-order valence-electron chi connectivity index (χ3n) is 31.7. The van der Waals surface area contributed by atoms with E-state index >= 15 is 0 Å². The van der Waals surface area contributed by atoms with E-state index < -0.39 is 119 Å². The van der Waals surface area contributed by atoms with Crippen molar-refractivity contribution in [3.8, 4) is 132 Å². The highest BCUT2D eigenvalue weighted by molar-refractivity contribution is 6.77. The van der Waals surface area contributed by atoms with Gasteiger partial charge in [-0.3, -0.25) is 0 Å². The fraction of sp³-hybridized carbons (Fsp3) is 0.200. The van der Waals surface area contributed by atoms with Crippen LogP contribution in [0.5, 0.6) is 132 Å². The van der Waals surface area contributed by atoms with Crippen molar-refractivity contribution in [2.24, 2.45) is 0 Å². The molecule has 1 unspecified atom stereocenters. The third kappa shape index (κ3) is 11.6. The predicted molar refractivity (Wildman–Crippen MR) is 509 cm³/mol. The molecular formula is C105H80B6O25. The van der Waals surface area contributed by atoms with E-state index in [-0.39, 0.29) is 96.4 Å². The van der Waals surface area contributed by atoms with Crippen molar-refractivity contribution in [1.82, 2.24) is 0 Å². The molecule has 0 amide bonds. The van der Waals surface area contributed by atoms with E-state index in [4.69, 9.17) is 33.2 Å². The molecule has 14 aromatic carbocycles. The molecule has 0 aromatic heterocycles. The molecule has 14 aromatic rings. The van der Waals surface area contributed by atoms with E-state index in [9.17, 15) is 91.9 Å². The molecule has 25 nitrogen and oxygen atoms in total. The van der Waals surface area contributed by atoms with E-state index in [1.54, 1.807) is 42.5 Å². The van der Waals surface area contributed by atoms with Crippen LogP contribution in [0.2, 0.25) is 0 Å². The summed E-state index contributed by atoms with van der Waals surface area (Å²) < 4.78 is 52.3.